The zero-order valence-corrected chi connectivity index (χ0v) is 13.1. The summed E-state index contributed by atoms with van der Waals surface area (Å²) in [4.78, 5) is 17.4. The topological polar surface area (TPSA) is 34.9 Å². The van der Waals surface area contributed by atoms with Crippen molar-refractivity contribution >= 4 is 38.9 Å². The number of thiophene rings is 1. The number of aromatic nitrogens is 2. The van der Waals surface area contributed by atoms with E-state index in [1.807, 2.05) is 25.3 Å². The molecule has 0 N–H and O–H groups in total. The van der Waals surface area contributed by atoms with Crippen LogP contribution in [0.5, 0.6) is 0 Å². The van der Waals surface area contributed by atoms with Crippen LogP contribution in [0.2, 0.25) is 5.15 Å². The number of hydrogen-bond acceptors (Lipinski definition) is 3. The van der Waals surface area contributed by atoms with Crippen molar-refractivity contribution in [2.45, 2.75) is 26.3 Å². The molecule has 0 unspecified atom stereocenters. The van der Waals surface area contributed by atoms with Crippen molar-refractivity contribution in [1.82, 2.24) is 9.55 Å². The molecule has 0 atom stereocenters. The fourth-order valence-corrected chi connectivity index (χ4v) is 3.31. The summed E-state index contributed by atoms with van der Waals surface area (Å²) in [6.45, 7) is 4.53. The van der Waals surface area contributed by atoms with Crippen molar-refractivity contribution < 1.29 is 0 Å². The molecule has 0 aliphatic carbocycles. The Morgan fingerprint density at radius 3 is 2.78 bits per heavy atom. The SMILES string of the molecule is CC(C)c1nc(Cl)cc(=O)n1Cc1cc(Br)cs1. The maximum Gasteiger partial charge on any atom is 0.255 e. The van der Waals surface area contributed by atoms with Gasteiger partial charge in [0.2, 0.25) is 0 Å². The molecule has 0 aromatic carbocycles. The van der Waals surface area contributed by atoms with E-state index in [1.54, 1.807) is 15.9 Å². The quantitative estimate of drug-likeness (QED) is 0.789. The molecule has 0 saturated heterocycles. The highest BCUT2D eigenvalue weighted by Crippen LogP contribution is 2.21. The van der Waals surface area contributed by atoms with E-state index < -0.39 is 0 Å². The molecular formula is C12H12BrClN2OS. The average molecular weight is 348 g/mol. The predicted octanol–water partition coefficient (Wildman–Crippen LogP) is 3.89. The Labute approximate surface area is 123 Å². The minimum absolute atomic E-state index is 0.108. The second-order valence-electron chi connectivity index (χ2n) is 4.25. The molecule has 96 valence electrons. The molecule has 0 spiro atoms. The van der Waals surface area contributed by atoms with Gasteiger partial charge in [0.1, 0.15) is 11.0 Å². The van der Waals surface area contributed by atoms with E-state index in [4.69, 9.17) is 11.6 Å². The Morgan fingerprint density at radius 2 is 2.22 bits per heavy atom. The lowest BCUT2D eigenvalue weighted by molar-refractivity contribution is 0.629. The van der Waals surface area contributed by atoms with E-state index >= 15 is 0 Å². The first-order chi connectivity index (χ1) is 8.47. The van der Waals surface area contributed by atoms with Crippen molar-refractivity contribution in [3.05, 3.63) is 48.2 Å². The van der Waals surface area contributed by atoms with Crippen LogP contribution in [0.15, 0.2) is 26.8 Å². The van der Waals surface area contributed by atoms with Gasteiger partial charge in [-0.3, -0.25) is 9.36 Å². The second-order valence-corrected chi connectivity index (χ2v) is 6.55. The lowest BCUT2D eigenvalue weighted by atomic mass is 10.2. The maximum absolute atomic E-state index is 12.0. The molecule has 18 heavy (non-hydrogen) atoms. The Kier molecular flexibility index (Phi) is 4.25. The van der Waals surface area contributed by atoms with Crippen LogP contribution < -0.4 is 5.56 Å². The lowest BCUT2D eigenvalue weighted by Crippen LogP contribution is -2.25. The summed E-state index contributed by atoms with van der Waals surface area (Å²) in [5.74, 6) is 0.872. The van der Waals surface area contributed by atoms with Gasteiger partial charge < -0.3 is 0 Å². The van der Waals surface area contributed by atoms with Crippen LogP contribution in [0.25, 0.3) is 0 Å². The zero-order chi connectivity index (χ0) is 13.3. The van der Waals surface area contributed by atoms with E-state index in [0.717, 1.165) is 15.2 Å². The van der Waals surface area contributed by atoms with Crippen LogP contribution >= 0.6 is 38.9 Å². The van der Waals surface area contributed by atoms with Gasteiger partial charge in [-0.2, -0.15) is 0 Å². The van der Waals surface area contributed by atoms with Crippen molar-refractivity contribution in [2.24, 2.45) is 0 Å². The standard InChI is InChI=1S/C12H12BrClN2OS/c1-7(2)12-15-10(14)4-11(17)16(12)5-9-3-8(13)6-18-9/h3-4,6-7H,5H2,1-2H3. The van der Waals surface area contributed by atoms with Gasteiger partial charge in [0.15, 0.2) is 0 Å². The van der Waals surface area contributed by atoms with Crippen LogP contribution in [0.4, 0.5) is 0 Å². The van der Waals surface area contributed by atoms with Crippen LogP contribution in [0.1, 0.15) is 30.5 Å². The molecule has 0 aliphatic rings. The number of hydrogen-bond donors (Lipinski definition) is 0. The first kappa shape index (κ1) is 13.8. The van der Waals surface area contributed by atoms with Crippen molar-refractivity contribution in [3.63, 3.8) is 0 Å². The number of halogens is 2. The number of rotatable bonds is 3. The van der Waals surface area contributed by atoms with Gasteiger partial charge in [-0.05, 0) is 22.0 Å². The van der Waals surface area contributed by atoms with E-state index in [9.17, 15) is 4.79 Å². The molecule has 6 heteroatoms. The third kappa shape index (κ3) is 3.02. The summed E-state index contributed by atoms with van der Waals surface area (Å²) < 4.78 is 2.71. The minimum Gasteiger partial charge on any atom is -0.291 e. The molecule has 2 rings (SSSR count). The molecule has 0 fully saturated rings. The highest BCUT2D eigenvalue weighted by Gasteiger charge is 2.12. The Hall–Kier alpha value is -0.650. The summed E-state index contributed by atoms with van der Waals surface area (Å²) in [5, 5.41) is 2.26. The largest absolute Gasteiger partial charge is 0.291 e. The lowest BCUT2D eigenvalue weighted by Gasteiger charge is -2.13. The van der Waals surface area contributed by atoms with Crippen LogP contribution in [-0.4, -0.2) is 9.55 Å². The Bertz CT molecular complexity index is 621. The van der Waals surface area contributed by atoms with E-state index in [0.29, 0.717) is 6.54 Å². The molecule has 0 amide bonds. The predicted molar refractivity (Wildman–Crippen MR) is 78.7 cm³/mol. The third-order valence-electron chi connectivity index (χ3n) is 2.46. The summed E-state index contributed by atoms with van der Waals surface area (Å²) in [6, 6.07) is 3.37. The van der Waals surface area contributed by atoms with Crippen molar-refractivity contribution in [2.75, 3.05) is 0 Å². The molecule has 0 radical (unpaired) electrons. The molecule has 2 heterocycles. The summed E-state index contributed by atoms with van der Waals surface area (Å²) >= 11 is 10.9. The number of nitrogens with zero attached hydrogens (tertiary/aromatic N) is 2. The smallest absolute Gasteiger partial charge is 0.255 e. The molecule has 0 aliphatic heterocycles. The summed E-state index contributed by atoms with van der Waals surface area (Å²) in [5.41, 5.74) is -0.108. The monoisotopic (exact) mass is 346 g/mol. The molecule has 0 saturated carbocycles. The zero-order valence-electron chi connectivity index (χ0n) is 9.98. The first-order valence-electron chi connectivity index (χ1n) is 5.47. The second kappa shape index (κ2) is 5.55. The Morgan fingerprint density at radius 1 is 1.50 bits per heavy atom. The van der Waals surface area contributed by atoms with Gasteiger partial charge in [0.25, 0.3) is 5.56 Å². The molecule has 0 bridgehead atoms. The van der Waals surface area contributed by atoms with Gasteiger partial charge in [-0.15, -0.1) is 11.3 Å². The maximum atomic E-state index is 12.0. The molecular weight excluding hydrogens is 336 g/mol. The van der Waals surface area contributed by atoms with Gasteiger partial charge in [-0.1, -0.05) is 25.4 Å². The van der Waals surface area contributed by atoms with Crippen LogP contribution in [0.3, 0.4) is 0 Å². The normalized spacial score (nSPS) is 11.2. The molecule has 2 aromatic heterocycles. The van der Waals surface area contributed by atoms with Crippen molar-refractivity contribution in [3.8, 4) is 0 Å². The average Bonchev–Trinajstić information content (AvgIpc) is 2.67. The third-order valence-corrected chi connectivity index (χ3v) is 4.33. The van der Waals surface area contributed by atoms with Gasteiger partial charge in [0.05, 0.1) is 6.54 Å². The molecule has 3 nitrogen and oxygen atoms in total. The Balaban J connectivity index is 2.46. The minimum atomic E-state index is -0.108. The van der Waals surface area contributed by atoms with Crippen LogP contribution in [0, 0.1) is 0 Å². The van der Waals surface area contributed by atoms with Gasteiger partial charge >= 0.3 is 0 Å². The van der Waals surface area contributed by atoms with E-state index in [1.165, 1.54) is 6.07 Å². The van der Waals surface area contributed by atoms with Gasteiger partial charge in [-0.25, -0.2) is 4.98 Å². The molecule has 2 aromatic rings. The fraction of sp³-hybridized carbons (Fsp3) is 0.333. The summed E-state index contributed by atoms with van der Waals surface area (Å²) in [6.07, 6.45) is 0. The van der Waals surface area contributed by atoms with Gasteiger partial charge in [0, 0.05) is 26.7 Å². The summed E-state index contributed by atoms with van der Waals surface area (Å²) in [7, 11) is 0. The van der Waals surface area contributed by atoms with E-state index in [-0.39, 0.29) is 16.6 Å². The van der Waals surface area contributed by atoms with Crippen LogP contribution in [-0.2, 0) is 6.54 Å². The highest BCUT2D eigenvalue weighted by atomic mass is 79.9. The highest BCUT2D eigenvalue weighted by molar-refractivity contribution is 9.10. The fourth-order valence-electron chi connectivity index (χ4n) is 1.69. The van der Waals surface area contributed by atoms with Crippen molar-refractivity contribution in [1.29, 1.82) is 0 Å². The van der Waals surface area contributed by atoms with E-state index in [2.05, 4.69) is 20.9 Å². The first-order valence-corrected chi connectivity index (χ1v) is 7.52.